The third-order valence-electron chi connectivity index (χ3n) is 2.98. The fourth-order valence-electron chi connectivity index (χ4n) is 1.88. The molecule has 2 aromatic rings. The van der Waals surface area contributed by atoms with Crippen molar-refractivity contribution in [3.05, 3.63) is 69.5 Å². The molecule has 0 atom stereocenters. The standard InChI is InChI=1S/C15H15FN2O3/c1-21-10-12-4-2-11(3-5-12)9-17-15-7-6-13(18(19)20)8-14(15)16/h2-8,17H,9-10H2,1H3. The van der Waals surface area contributed by atoms with Crippen LogP contribution in [0.25, 0.3) is 0 Å². The average molecular weight is 290 g/mol. The lowest BCUT2D eigenvalue weighted by Gasteiger charge is -2.08. The van der Waals surface area contributed by atoms with Crippen molar-refractivity contribution in [3.8, 4) is 0 Å². The molecule has 0 aliphatic carbocycles. The summed E-state index contributed by atoms with van der Waals surface area (Å²) in [5.74, 6) is -0.639. The summed E-state index contributed by atoms with van der Waals surface area (Å²) in [6.07, 6.45) is 0. The number of nitro groups is 1. The number of non-ortho nitro benzene ring substituents is 1. The number of ether oxygens (including phenoxy) is 1. The van der Waals surface area contributed by atoms with Crippen molar-refractivity contribution in [2.45, 2.75) is 13.2 Å². The summed E-state index contributed by atoms with van der Waals surface area (Å²) in [5.41, 5.74) is 2.01. The van der Waals surface area contributed by atoms with Crippen molar-refractivity contribution >= 4 is 11.4 Å². The maximum absolute atomic E-state index is 13.7. The van der Waals surface area contributed by atoms with Gasteiger partial charge in [-0.05, 0) is 17.2 Å². The molecule has 110 valence electrons. The Balaban J connectivity index is 2.01. The number of anilines is 1. The minimum absolute atomic E-state index is 0.238. The van der Waals surface area contributed by atoms with E-state index in [2.05, 4.69) is 5.32 Å². The fourth-order valence-corrected chi connectivity index (χ4v) is 1.88. The van der Waals surface area contributed by atoms with Crippen LogP contribution in [0.5, 0.6) is 0 Å². The highest BCUT2D eigenvalue weighted by Crippen LogP contribution is 2.21. The van der Waals surface area contributed by atoms with E-state index in [9.17, 15) is 14.5 Å². The molecular formula is C15H15FN2O3. The molecule has 1 N–H and O–H groups in total. The lowest BCUT2D eigenvalue weighted by Crippen LogP contribution is -2.02. The number of nitrogens with one attached hydrogen (secondary N) is 1. The number of halogens is 1. The van der Waals surface area contributed by atoms with Gasteiger partial charge in [-0.3, -0.25) is 10.1 Å². The Labute approximate surface area is 121 Å². The van der Waals surface area contributed by atoms with Crippen LogP contribution < -0.4 is 5.32 Å². The summed E-state index contributed by atoms with van der Waals surface area (Å²) < 4.78 is 18.7. The normalized spacial score (nSPS) is 10.4. The number of nitrogens with zero attached hydrogens (tertiary/aromatic N) is 1. The highest BCUT2D eigenvalue weighted by molar-refractivity contribution is 5.50. The largest absolute Gasteiger partial charge is 0.380 e. The van der Waals surface area contributed by atoms with Crippen LogP contribution in [-0.2, 0) is 17.9 Å². The van der Waals surface area contributed by atoms with Gasteiger partial charge in [-0.15, -0.1) is 0 Å². The molecular weight excluding hydrogens is 275 g/mol. The lowest BCUT2D eigenvalue weighted by molar-refractivity contribution is -0.385. The summed E-state index contributed by atoms with van der Waals surface area (Å²) in [6, 6.07) is 11.3. The van der Waals surface area contributed by atoms with Crippen LogP contribution in [0.4, 0.5) is 15.8 Å². The molecule has 0 spiro atoms. The van der Waals surface area contributed by atoms with Crippen molar-refractivity contribution in [3.63, 3.8) is 0 Å². The van der Waals surface area contributed by atoms with E-state index in [-0.39, 0.29) is 11.4 Å². The van der Waals surface area contributed by atoms with Gasteiger partial charge in [0.05, 0.1) is 23.3 Å². The number of methoxy groups -OCH3 is 1. The van der Waals surface area contributed by atoms with Crippen LogP contribution >= 0.6 is 0 Å². The second kappa shape index (κ2) is 6.81. The topological polar surface area (TPSA) is 64.4 Å². The van der Waals surface area contributed by atoms with Gasteiger partial charge in [0.1, 0.15) is 0 Å². The van der Waals surface area contributed by atoms with Crippen LogP contribution in [0.1, 0.15) is 11.1 Å². The summed E-state index contributed by atoms with van der Waals surface area (Å²) in [5, 5.41) is 13.5. The maximum Gasteiger partial charge on any atom is 0.272 e. The van der Waals surface area contributed by atoms with E-state index in [1.54, 1.807) is 7.11 Å². The Morgan fingerprint density at radius 2 is 1.86 bits per heavy atom. The molecule has 0 aliphatic rings. The summed E-state index contributed by atoms with van der Waals surface area (Å²) in [6.45, 7) is 0.979. The molecule has 0 saturated heterocycles. The quantitative estimate of drug-likeness (QED) is 0.653. The van der Waals surface area contributed by atoms with Crippen molar-refractivity contribution in [2.75, 3.05) is 12.4 Å². The average Bonchev–Trinajstić information content (AvgIpc) is 2.47. The molecule has 5 nitrogen and oxygen atoms in total. The number of rotatable bonds is 6. The Hall–Kier alpha value is -2.47. The molecule has 0 aliphatic heterocycles. The van der Waals surface area contributed by atoms with Gasteiger partial charge in [0, 0.05) is 19.7 Å². The molecule has 0 heterocycles. The van der Waals surface area contributed by atoms with Gasteiger partial charge in [-0.2, -0.15) is 0 Å². The van der Waals surface area contributed by atoms with Gasteiger partial charge < -0.3 is 10.1 Å². The molecule has 0 fully saturated rings. The number of hydrogen-bond acceptors (Lipinski definition) is 4. The third-order valence-corrected chi connectivity index (χ3v) is 2.98. The first-order chi connectivity index (χ1) is 10.1. The van der Waals surface area contributed by atoms with E-state index in [1.165, 1.54) is 12.1 Å². The van der Waals surface area contributed by atoms with E-state index in [0.29, 0.717) is 13.2 Å². The zero-order valence-corrected chi connectivity index (χ0v) is 11.5. The molecule has 0 unspecified atom stereocenters. The minimum Gasteiger partial charge on any atom is -0.380 e. The highest BCUT2D eigenvalue weighted by Gasteiger charge is 2.10. The smallest absolute Gasteiger partial charge is 0.272 e. The van der Waals surface area contributed by atoms with Crippen LogP contribution in [0.15, 0.2) is 42.5 Å². The number of benzene rings is 2. The summed E-state index contributed by atoms with van der Waals surface area (Å²) >= 11 is 0. The van der Waals surface area contributed by atoms with E-state index in [0.717, 1.165) is 17.2 Å². The van der Waals surface area contributed by atoms with Crippen molar-refractivity contribution in [1.82, 2.24) is 0 Å². The van der Waals surface area contributed by atoms with E-state index >= 15 is 0 Å². The molecule has 0 bridgehead atoms. The second-order valence-electron chi connectivity index (χ2n) is 4.52. The van der Waals surface area contributed by atoms with Gasteiger partial charge in [0.2, 0.25) is 0 Å². The van der Waals surface area contributed by atoms with Crippen LogP contribution in [-0.4, -0.2) is 12.0 Å². The van der Waals surface area contributed by atoms with Crippen LogP contribution in [0, 0.1) is 15.9 Å². The van der Waals surface area contributed by atoms with Crippen molar-refractivity contribution in [2.24, 2.45) is 0 Å². The van der Waals surface area contributed by atoms with Gasteiger partial charge in [-0.25, -0.2) is 4.39 Å². The third kappa shape index (κ3) is 4.00. The first kappa shape index (κ1) is 14.9. The second-order valence-corrected chi connectivity index (χ2v) is 4.52. The molecule has 21 heavy (non-hydrogen) atoms. The van der Waals surface area contributed by atoms with E-state index in [4.69, 9.17) is 4.74 Å². The molecule has 0 aromatic heterocycles. The molecule has 0 saturated carbocycles. The SMILES string of the molecule is COCc1ccc(CNc2ccc([N+](=O)[O-])cc2F)cc1. The lowest BCUT2D eigenvalue weighted by atomic mass is 10.1. The zero-order valence-electron chi connectivity index (χ0n) is 11.5. The van der Waals surface area contributed by atoms with E-state index in [1.807, 2.05) is 24.3 Å². The Morgan fingerprint density at radius 1 is 1.19 bits per heavy atom. The van der Waals surface area contributed by atoms with Gasteiger partial charge in [0.15, 0.2) is 5.82 Å². The molecule has 6 heteroatoms. The van der Waals surface area contributed by atoms with E-state index < -0.39 is 10.7 Å². The Bertz CT molecular complexity index is 629. The van der Waals surface area contributed by atoms with Crippen molar-refractivity contribution < 1.29 is 14.1 Å². The van der Waals surface area contributed by atoms with Gasteiger partial charge >= 0.3 is 0 Å². The fraction of sp³-hybridized carbons (Fsp3) is 0.200. The Kier molecular flexibility index (Phi) is 4.84. The molecule has 2 aromatic carbocycles. The first-order valence-corrected chi connectivity index (χ1v) is 6.34. The maximum atomic E-state index is 13.7. The predicted octanol–water partition coefficient (Wildman–Crippen LogP) is 3.49. The first-order valence-electron chi connectivity index (χ1n) is 6.34. The zero-order chi connectivity index (χ0) is 15.2. The van der Waals surface area contributed by atoms with Gasteiger partial charge in [0.25, 0.3) is 5.69 Å². The monoisotopic (exact) mass is 290 g/mol. The summed E-state index contributed by atoms with van der Waals surface area (Å²) in [4.78, 5) is 9.91. The highest BCUT2D eigenvalue weighted by atomic mass is 19.1. The molecule has 0 amide bonds. The van der Waals surface area contributed by atoms with Crippen molar-refractivity contribution in [1.29, 1.82) is 0 Å². The van der Waals surface area contributed by atoms with Crippen LogP contribution in [0.3, 0.4) is 0 Å². The molecule has 0 radical (unpaired) electrons. The summed E-state index contributed by atoms with van der Waals surface area (Å²) in [7, 11) is 1.63. The van der Waals surface area contributed by atoms with Crippen LogP contribution in [0.2, 0.25) is 0 Å². The Morgan fingerprint density at radius 3 is 2.43 bits per heavy atom. The number of nitro benzene ring substituents is 1. The number of hydrogen-bond donors (Lipinski definition) is 1. The predicted molar refractivity (Wildman–Crippen MR) is 77.5 cm³/mol. The minimum atomic E-state index is -0.639. The van der Waals surface area contributed by atoms with Gasteiger partial charge in [-0.1, -0.05) is 24.3 Å². The molecule has 2 rings (SSSR count).